The molecule has 2 aromatic rings. The van der Waals surface area contributed by atoms with E-state index < -0.39 is 0 Å². The summed E-state index contributed by atoms with van der Waals surface area (Å²) in [6.07, 6.45) is 3.75. The van der Waals surface area contributed by atoms with Gasteiger partial charge in [-0.15, -0.1) is 24.8 Å². The average molecular weight is 359 g/mol. The molecule has 0 saturated carbocycles. The van der Waals surface area contributed by atoms with Crippen molar-refractivity contribution in [3.05, 3.63) is 35.8 Å². The minimum Gasteiger partial charge on any atom is -0.340 e. The lowest BCUT2D eigenvalue weighted by Crippen LogP contribution is -2.29. The molecule has 7 heteroatoms. The number of aromatic nitrogens is 2. The molecular formula is C16H24Cl2N4O. The molecule has 3 rings (SSSR count). The van der Waals surface area contributed by atoms with Crippen molar-refractivity contribution in [2.75, 3.05) is 20.1 Å². The van der Waals surface area contributed by atoms with Crippen molar-refractivity contribution in [3.8, 4) is 0 Å². The summed E-state index contributed by atoms with van der Waals surface area (Å²) in [5.74, 6) is 0.706. The second-order valence-electron chi connectivity index (χ2n) is 5.89. The number of hydrogen-bond acceptors (Lipinski definition) is 3. The Hall–Kier alpha value is -1.30. The van der Waals surface area contributed by atoms with Gasteiger partial charge in [-0.25, -0.2) is 4.98 Å². The summed E-state index contributed by atoms with van der Waals surface area (Å²) in [6, 6.07) is 5.96. The van der Waals surface area contributed by atoms with Gasteiger partial charge in [0.15, 0.2) is 0 Å². The maximum Gasteiger partial charge on any atom is 0.222 e. The summed E-state index contributed by atoms with van der Waals surface area (Å²) in [6.45, 7) is 4.61. The second kappa shape index (κ2) is 8.52. The van der Waals surface area contributed by atoms with Crippen LogP contribution in [-0.4, -0.2) is 40.3 Å². The third-order valence-electron chi connectivity index (χ3n) is 4.27. The summed E-state index contributed by atoms with van der Waals surface area (Å²) in [4.78, 5) is 18.7. The quantitative estimate of drug-likeness (QED) is 0.912. The van der Waals surface area contributed by atoms with Gasteiger partial charge in [-0.2, -0.15) is 0 Å². The number of carbonyl (C=O) groups is 1. The first-order valence-corrected chi connectivity index (χ1v) is 7.52. The third kappa shape index (κ3) is 4.37. The fourth-order valence-corrected chi connectivity index (χ4v) is 2.96. The summed E-state index contributed by atoms with van der Waals surface area (Å²) in [7, 11) is 1.88. The van der Waals surface area contributed by atoms with E-state index >= 15 is 0 Å². The van der Waals surface area contributed by atoms with Gasteiger partial charge in [0.05, 0.1) is 17.9 Å². The normalized spacial score (nSPS) is 16.7. The van der Waals surface area contributed by atoms with Crippen molar-refractivity contribution >= 4 is 36.4 Å². The molecule has 0 aromatic carbocycles. The van der Waals surface area contributed by atoms with Crippen molar-refractivity contribution < 1.29 is 4.79 Å². The molecule has 1 fully saturated rings. The molecule has 23 heavy (non-hydrogen) atoms. The van der Waals surface area contributed by atoms with Gasteiger partial charge >= 0.3 is 0 Å². The third-order valence-corrected chi connectivity index (χ3v) is 4.27. The van der Waals surface area contributed by atoms with E-state index in [-0.39, 0.29) is 30.7 Å². The fraction of sp³-hybridized carbons (Fsp3) is 0.500. The van der Waals surface area contributed by atoms with Crippen LogP contribution < -0.4 is 5.32 Å². The van der Waals surface area contributed by atoms with Gasteiger partial charge in [0.2, 0.25) is 5.91 Å². The lowest BCUT2D eigenvalue weighted by molar-refractivity contribution is -0.131. The second-order valence-corrected chi connectivity index (χ2v) is 5.89. The monoisotopic (exact) mass is 358 g/mol. The molecule has 0 spiro atoms. The van der Waals surface area contributed by atoms with Crippen LogP contribution in [0.15, 0.2) is 24.4 Å². The van der Waals surface area contributed by atoms with Crippen molar-refractivity contribution in [2.45, 2.75) is 26.3 Å². The summed E-state index contributed by atoms with van der Waals surface area (Å²) >= 11 is 0. The molecule has 0 bridgehead atoms. The van der Waals surface area contributed by atoms with E-state index in [0.717, 1.165) is 36.5 Å². The van der Waals surface area contributed by atoms with Gasteiger partial charge in [-0.3, -0.25) is 4.79 Å². The van der Waals surface area contributed by atoms with Crippen LogP contribution in [0.4, 0.5) is 0 Å². The highest BCUT2D eigenvalue weighted by molar-refractivity contribution is 5.85. The molecule has 0 radical (unpaired) electrons. The number of aryl methyl sites for hydroxylation is 1. The van der Waals surface area contributed by atoms with Crippen LogP contribution in [0.1, 0.15) is 24.2 Å². The van der Waals surface area contributed by atoms with Gasteiger partial charge in [-0.05, 0) is 44.5 Å². The van der Waals surface area contributed by atoms with Gasteiger partial charge in [0, 0.05) is 19.7 Å². The lowest BCUT2D eigenvalue weighted by Gasteiger charge is -2.19. The molecule has 128 valence electrons. The van der Waals surface area contributed by atoms with Crippen molar-refractivity contribution in [1.29, 1.82) is 0 Å². The van der Waals surface area contributed by atoms with E-state index in [9.17, 15) is 4.79 Å². The van der Waals surface area contributed by atoms with Crippen LogP contribution in [0.2, 0.25) is 0 Å². The molecule has 0 aliphatic carbocycles. The number of pyridine rings is 1. The Morgan fingerprint density at radius 2 is 2.22 bits per heavy atom. The molecule has 1 saturated heterocycles. The molecule has 1 amide bonds. The molecule has 1 N–H and O–H groups in total. The maximum atomic E-state index is 12.3. The van der Waals surface area contributed by atoms with E-state index in [1.807, 2.05) is 43.3 Å². The van der Waals surface area contributed by atoms with Crippen LogP contribution >= 0.6 is 24.8 Å². The molecule has 2 aromatic heterocycles. The largest absolute Gasteiger partial charge is 0.340 e. The standard InChI is InChI=1S/C16H22N4O.2ClH/c1-12-14(20-8-4-3-5-15(20)18-12)11-19(2)16(21)9-13-6-7-17-10-13;;/h3-5,8,13,17H,6-7,9-11H2,1-2H3;2*1H. The fourth-order valence-electron chi connectivity index (χ4n) is 2.96. The number of nitrogens with zero attached hydrogens (tertiary/aromatic N) is 3. The predicted octanol–water partition coefficient (Wildman–Crippen LogP) is 2.44. The van der Waals surface area contributed by atoms with E-state index in [1.165, 1.54) is 0 Å². The zero-order valence-corrected chi connectivity index (χ0v) is 15.1. The Kier molecular flexibility index (Phi) is 7.32. The SMILES string of the molecule is Cc1nc2ccccn2c1CN(C)C(=O)CC1CCNC1.Cl.Cl. The van der Waals surface area contributed by atoms with E-state index in [4.69, 9.17) is 0 Å². The lowest BCUT2D eigenvalue weighted by atomic mass is 10.0. The van der Waals surface area contributed by atoms with Crippen LogP contribution in [-0.2, 0) is 11.3 Å². The number of hydrogen-bond donors (Lipinski definition) is 1. The highest BCUT2D eigenvalue weighted by atomic mass is 35.5. The number of rotatable bonds is 4. The Balaban J connectivity index is 0.00000132. The van der Waals surface area contributed by atoms with E-state index in [1.54, 1.807) is 0 Å². The number of nitrogens with one attached hydrogen (secondary N) is 1. The minimum atomic E-state index is 0. The average Bonchev–Trinajstić information content (AvgIpc) is 3.07. The molecule has 3 heterocycles. The summed E-state index contributed by atoms with van der Waals surface area (Å²) in [5, 5.41) is 3.31. The molecule has 1 unspecified atom stereocenters. The molecule has 1 atom stereocenters. The topological polar surface area (TPSA) is 49.6 Å². The first kappa shape index (κ1) is 19.7. The van der Waals surface area contributed by atoms with Gasteiger partial charge in [-0.1, -0.05) is 6.07 Å². The zero-order valence-electron chi connectivity index (χ0n) is 13.5. The Morgan fingerprint density at radius 1 is 1.43 bits per heavy atom. The number of fused-ring (bicyclic) bond motifs is 1. The van der Waals surface area contributed by atoms with Crippen molar-refractivity contribution in [3.63, 3.8) is 0 Å². The highest BCUT2D eigenvalue weighted by Gasteiger charge is 2.21. The van der Waals surface area contributed by atoms with Crippen LogP contribution in [0.3, 0.4) is 0 Å². The first-order valence-electron chi connectivity index (χ1n) is 7.52. The summed E-state index contributed by atoms with van der Waals surface area (Å²) in [5.41, 5.74) is 3.01. The molecule has 1 aliphatic heterocycles. The number of amides is 1. The number of carbonyl (C=O) groups excluding carboxylic acids is 1. The maximum absolute atomic E-state index is 12.3. The minimum absolute atomic E-state index is 0. The van der Waals surface area contributed by atoms with E-state index in [2.05, 4.69) is 14.7 Å². The van der Waals surface area contributed by atoms with Gasteiger partial charge in [0.1, 0.15) is 5.65 Å². The Bertz CT molecular complexity index is 653. The Morgan fingerprint density at radius 3 is 2.91 bits per heavy atom. The number of imidazole rings is 1. The van der Waals surface area contributed by atoms with Crippen LogP contribution in [0.25, 0.3) is 5.65 Å². The zero-order chi connectivity index (χ0) is 14.8. The van der Waals surface area contributed by atoms with Crippen molar-refractivity contribution in [2.24, 2.45) is 5.92 Å². The number of halogens is 2. The Labute approximate surface area is 149 Å². The highest BCUT2D eigenvalue weighted by Crippen LogP contribution is 2.17. The van der Waals surface area contributed by atoms with Gasteiger partial charge in [0.25, 0.3) is 0 Å². The molecular weight excluding hydrogens is 335 g/mol. The van der Waals surface area contributed by atoms with Crippen molar-refractivity contribution in [1.82, 2.24) is 19.6 Å². The summed E-state index contributed by atoms with van der Waals surface area (Å²) < 4.78 is 2.07. The van der Waals surface area contributed by atoms with Crippen LogP contribution in [0, 0.1) is 12.8 Å². The molecule has 1 aliphatic rings. The van der Waals surface area contributed by atoms with Gasteiger partial charge < -0.3 is 14.6 Å². The van der Waals surface area contributed by atoms with Crippen LogP contribution in [0.5, 0.6) is 0 Å². The van der Waals surface area contributed by atoms with E-state index in [0.29, 0.717) is 18.9 Å². The smallest absolute Gasteiger partial charge is 0.222 e. The molecule has 5 nitrogen and oxygen atoms in total. The first-order chi connectivity index (χ1) is 10.1. The predicted molar refractivity (Wildman–Crippen MR) is 96.5 cm³/mol.